The molecule has 5 nitrogen and oxygen atoms in total. The molecule has 24 heavy (non-hydrogen) atoms. The van der Waals surface area contributed by atoms with Crippen LogP contribution in [0, 0.1) is 13.8 Å². The van der Waals surface area contributed by atoms with Crippen molar-refractivity contribution in [2.75, 3.05) is 19.6 Å². The second-order valence-corrected chi connectivity index (χ2v) is 7.56. The fourth-order valence-corrected chi connectivity index (χ4v) is 4.73. The third kappa shape index (κ3) is 3.37. The zero-order valence-corrected chi connectivity index (χ0v) is 15.7. The van der Waals surface area contributed by atoms with E-state index >= 15 is 0 Å². The number of aryl methyl sites for hydroxylation is 2. The van der Waals surface area contributed by atoms with Gasteiger partial charge in [-0.15, -0.1) is 0 Å². The maximum atomic E-state index is 13.0. The number of hydrogen-bond donors (Lipinski definition) is 0. The van der Waals surface area contributed by atoms with Gasteiger partial charge in [0.05, 0.1) is 11.7 Å². The van der Waals surface area contributed by atoms with Crippen LogP contribution in [0.2, 0.25) is 0 Å². The van der Waals surface area contributed by atoms with E-state index in [1.165, 1.54) is 25.8 Å². The molecule has 0 N–H and O–H groups in total. The van der Waals surface area contributed by atoms with E-state index in [9.17, 15) is 4.79 Å². The van der Waals surface area contributed by atoms with E-state index in [0.29, 0.717) is 24.4 Å². The zero-order chi connectivity index (χ0) is 17.3. The molecule has 0 unspecified atom stereocenters. The fourth-order valence-electron chi connectivity index (χ4n) is 4.73. The molecule has 2 aliphatic heterocycles. The zero-order valence-electron chi connectivity index (χ0n) is 15.7. The quantitative estimate of drug-likeness (QED) is 0.832. The van der Waals surface area contributed by atoms with Crippen LogP contribution in [0.3, 0.4) is 0 Å². The molecule has 1 amide bonds. The minimum absolute atomic E-state index is 0.123. The average Bonchev–Trinajstić information content (AvgIpc) is 3.24. The summed E-state index contributed by atoms with van der Waals surface area (Å²) in [5.74, 6) is 0.306. The van der Waals surface area contributed by atoms with Crippen molar-refractivity contribution in [3.8, 4) is 0 Å². The minimum atomic E-state index is 0.123. The number of likely N-dealkylation sites (N-methyl/N-ethyl adjacent to an activating group) is 1. The maximum Gasteiger partial charge on any atom is 0.225 e. The van der Waals surface area contributed by atoms with Crippen molar-refractivity contribution in [1.29, 1.82) is 0 Å². The highest BCUT2D eigenvalue weighted by Gasteiger charge is 2.39. The van der Waals surface area contributed by atoms with Crippen LogP contribution in [-0.4, -0.2) is 57.2 Å². The van der Waals surface area contributed by atoms with E-state index in [0.717, 1.165) is 30.9 Å². The van der Waals surface area contributed by atoms with Gasteiger partial charge in [0, 0.05) is 30.7 Å². The van der Waals surface area contributed by atoms with Gasteiger partial charge in [-0.1, -0.05) is 6.92 Å². The first-order valence-corrected chi connectivity index (χ1v) is 9.57. The van der Waals surface area contributed by atoms with Gasteiger partial charge in [-0.25, -0.2) is 0 Å². The standard InChI is InChI=1S/C19H32N4O/c1-5-21-10-6-8-17(21)18-9-7-11-22(18)19(24)13-16(4)23-15(3)12-14(2)20-23/h12,16-18H,5-11,13H2,1-4H3/t16-,17-,18+/m1/s1. The molecule has 0 radical (unpaired) electrons. The molecule has 0 aliphatic carbocycles. The molecule has 1 aromatic rings. The van der Waals surface area contributed by atoms with Crippen LogP contribution in [0.15, 0.2) is 6.07 Å². The fraction of sp³-hybridized carbons (Fsp3) is 0.789. The summed E-state index contributed by atoms with van der Waals surface area (Å²) >= 11 is 0. The van der Waals surface area contributed by atoms with Crippen LogP contribution in [-0.2, 0) is 4.79 Å². The normalized spacial score (nSPS) is 26.2. The van der Waals surface area contributed by atoms with Gasteiger partial charge in [-0.2, -0.15) is 5.10 Å². The van der Waals surface area contributed by atoms with E-state index in [-0.39, 0.29) is 6.04 Å². The van der Waals surface area contributed by atoms with Crippen LogP contribution in [0.4, 0.5) is 0 Å². The van der Waals surface area contributed by atoms with E-state index in [2.05, 4.69) is 41.7 Å². The predicted molar refractivity (Wildman–Crippen MR) is 96.0 cm³/mol. The highest BCUT2D eigenvalue weighted by Crippen LogP contribution is 2.31. The lowest BCUT2D eigenvalue weighted by atomic mass is 10.0. The van der Waals surface area contributed by atoms with Gasteiger partial charge in [-0.3, -0.25) is 14.4 Å². The van der Waals surface area contributed by atoms with Crippen molar-refractivity contribution in [1.82, 2.24) is 19.6 Å². The number of aromatic nitrogens is 2. The van der Waals surface area contributed by atoms with Crippen LogP contribution in [0.25, 0.3) is 0 Å². The summed E-state index contributed by atoms with van der Waals surface area (Å²) in [7, 11) is 0. The van der Waals surface area contributed by atoms with Gasteiger partial charge in [0.15, 0.2) is 0 Å². The Hall–Kier alpha value is -1.36. The van der Waals surface area contributed by atoms with Crippen molar-refractivity contribution in [2.24, 2.45) is 0 Å². The lowest BCUT2D eigenvalue weighted by Gasteiger charge is -2.35. The van der Waals surface area contributed by atoms with Crippen LogP contribution in [0.1, 0.15) is 63.4 Å². The molecule has 1 aromatic heterocycles. The molecule has 0 spiro atoms. The molecule has 2 saturated heterocycles. The summed E-state index contributed by atoms with van der Waals surface area (Å²) in [5, 5.41) is 4.55. The first kappa shape index (κ1) is 17.5. The van der Waals surface area contributed by atoms with Gasteiger partial charge in [0.25, 0.3) is 0 Å². The number of likely N-dealkylation sites (tertiary alicyclic amines) is 2. The first-order chi connectivity index (χ1) is 11.5. The molecule has 0 aromatic carbocycles. The second kappa shape index (κ2) is 7.26. The van der Waals surface area contributed by atoms with E-state index in [1.54, 1.807) is 0 Å². The Morgan fingerprint density at radius 2 is 1.96 bits per heavy atom. The largest absolute Gasteiger partial charge is 0.338 e. The third-order valence-electron chi connectivity index (χ3n) is 5.82. The minimum Gasteiger partial charge on any atom is -0.338 e. The highest BCUT2D eigenvalue weighted by atomic mass is 16.2. The van der Waals surface area contributed by atoms with Gasteiger partial charge in [-0.05, 0) is 65.6 Å². The Kier molecular flexibility index (Phi) is 5.28. The Labute approximate surface area is 146 Å². The molecular weight excluding hydrogens is 300 g/mol. The number of rotatable bonds is 5. The van der Waals surface area contributed by atoms with E-state index in [1.807, 2.05) is 11.6 Å². The number of amides is 1. The Morgan fingerprint density at radius 1 is 1.25 bits per heavy atom. The monoisotopic (exact) mass is 332 g/mol. The molecule has 0 saturated carbocycles. The number of nitrogens with zero attached hydrogens (tertiary/aromatic N) is 4. The molecule has 3 atom stereocenters. The van der Waals surface area contributed by atoms with Gasteiger partial charge in [0.2, 0.25) is 5.91 Å². The van der Waals surface area contributed by atoms with Crippen molar-refractivity contribution >= 4 is 5.91 Å². The number of hydrogen-bond acceptors (Lipinski definition) is 3. The van der Waals surface area contributed by atoms with Crippen LogP contribution >= 0.6 is 0 Å². The van der Waals surface area contributed by atoms with Crippen molar-refractivity contribution in [3.63, 3.8) is 0 Å². The average molecular weight is 332 g/mol. The summed E-state index contributed by atoms with van der Waals surface area (Å²) in [6.07, 6.45) is 5.39. The summed E-state index contributed by atoms with van der Waals surface area (Å²) < 4.78 is 2.01. The smallest absolute Gasteiger partial charge is 0.225 e. The van der Waals surface area contributed by atoms with Crippen LogP contribution in [0.5, 0.6) is 0 Å². The topological polar surface area (TPSA) is 41.4 Å². The first-order valence-electron chi connectivity index (χ1n) is 9.57. The molecule has 3 heterocycles. The molecule has 0 bridgehead atoms. The van der Waals surface area contributed by atoms with Crippen molar-refractivity contribution < 1.29 is 4.79 Å². The third-order valence-corrected chi connectivity index (χ3v) is 5.82. The number of carbonyl (C=O) groups is 1. The Morgan fingerprint density at radius 3 is 2.62 bits per heavy atom. The number of carbonyl (C=O) groups excluding carboxylic acids is 1. The summed E-state index contributed by atoms with van der Waals surface area (Å²) in [6.45, 7) is 11.7. The Bertz CT molecular complexity index is 582. The summed E-state index contributed by atoms with van der Waals surface area (Å²) in [6, 6.07) is 3.20. The van der Waals surface area contributed by atoms with Gasteiger partial charge in [0.1, 0.15) is 0 Å². The molecule has 5 heteroatoms. The molecule has 134 valence electrons. The lowest BCUT2D eigenvalue weighted by molar-refractivity contribution is -0.133. The van der Waals surface area contributed by atoms with Crippen LogP contribution < -0.4 is 0 Å². The molecular formula is C19H32N4O. The van der Waals surface area contributed by atoms with E-state index < -0.39 is 0 Å². The van der Waals surface area contributed by atoms with Crippen molar-refractivity contribution in [2.45, 2.75) is 77.9 Å². The lowest BCUT2D eigenvalue weighted by Crippen LogP contribution is -2.48. The van der Waals surface area contributed by atoms with Crippen molar-refractivity contribution in [3.05, 3.63) is 17.5 Å². The molecule has 2 fully saturated rings. The maximum absolute atomic E-state index is 13.0. The van der Waals surface area contributed by atoms with Gasteiger partial charge >= 0.3 is 0 Å². The predicted octanol–water partition coefficient (Wildman–Crippen LogP) is 2.93. The summed E-state index contributed by atoms with van der Waals surface area (Å²) in [4.78, 5) is 17.7. The second-order valence-electron chi connectivity index (χ2n) is 7.56. The Balaban J connectivity index is 1.66. The van der Waals surface area contributed by atoms with E-state index in [4.69, 9.17) is 0 Å². The SMILES string of the molecule is CCN1CCC[C@@H]1[C@@H]1CCCN1C(=O)C[C@@H](C)n1nc(C)cc1C. The molecule has 2 aliphatic rings. The molecule has 3 rings (SSSR count). The summed E-state index contributed by atoms with van der Waals surface area (Å²) in [5.41, 5.74) is 2.16. The van der Waals surface area contributed by atoms with Gasteiger partial charge < -0.3 is 4.90 Å². The highest BCUT2D eigenvalue weighted by molar-refractivity contribution is 5.77.